The van der Waals surface area contributed by atoms with Crippen molar-refractivity contribution in [3.8, 4) is 0 Å². The summed E-state index contributed by atoms with van der Waals surface area (Å²) in [4.78, 5) is 10.5. The fraction of sp³-hybridized carbons (Fsp3) is 0.222. The lowest BCUT2D eigenvalue weighted by Gasteiger charge is -2.05. The molecule has 0 fully saturated rings. The Labute approximate surface area is 184 Å². The third kappa shape index (κ3) is 4.70. The number of aryl methyl sites for hydroxylation is 2. The molecule has 0 atom stereocenters. The van der Waals surface area contributed by atoms with Crippen LogP contribution in [0.2, 0.25) is 5.02 Å². The highest BCUT2D eigenvalue weighted by Gasteiger charge is 2.16. The van der Waals surface area contributed by atoms with Gasteiger partial charge in [0.15, 0.2) is 5.82 Å². The van der Waals surface area contributed by atoms with Crippen LogP contribution in [0.4, 0.5) is 21.0 Å². The Morgan fingerprint density at radius 1 is 1.32 bits per heavy atom. The molecule has 3 aromatic heterocycles. The first-order valence-electron chi connectivity index (χ1n) is 9.13. The average molecular weight is 463 g/mol. The van der Waals surface area contributed by atoms with Crippen molar-refractivity contribution < 1.29 is 9.31 Å². The van der Waals surface area contributed by atoms with E-state index in [0.29, 0.717) is 40.2 Å². The van der Waals surface area contributed by atoms with E-state index in [9.17, 15) is 14.5 Å². The normalized spacial score (nSPS) is 11.1. The van der Waals surface area contributed by atoms with Gasteiger partial charge >= 0.3 is 5.69 Å². The van der Waals surface area contributed by atoms with Crippen LogP contribution in [0.3, 0.4) is 0 Å². The molecule has 1 aromatic carbocycles. The van der Waals surface area contributed by atoms with Crippen LogP contribution >= 0.6 is 22.9 Å². The molecule has 3 heterocycles. The van der Waals surface area contributed by atoms with Crippen LogP contribution < -0.4 is 5.32 Å². The number of nitro groups is 1. The Kier molecular flexibility index (Phi) is 5.91. The summed E-state index contributed by atoms with van der Waals surface area (Å²) < 4.78 is 17.1. The number of anilines is 2. The highest BCUT2D eigenvalue weighted by atomic mass is 35.5. The van der Waals surface area contributed by atoms with Gasteiger partial charge in [0.1, 0.15) is 22.7 Å². The molecule has 0 aliphatic heterocycles. The van der Waals surface area contributed by atoms with E-state index in [2.05, 4.69) is 25.7 Å². The smallest absolute Gasteiger partial charge is 0.309 e. The summed E-state index contributed by atoms with van der Waals surface area (Å²) in [6.07, 6.45) is 3.48. The third-order valence-corrected chi connectivity index (χ3v) is 5.79. The molecule has 0 radical (unpaired) electrons. The summed E-state index contributed by atoms with van der Waals surface area (Å²) in [7, 11) is 0. The van der Waals surface area contributed by atoms with E-state index in [-0.39, 0.29) is 18.0 Å². The molecule has 0 aliphatic carbocycles. The molecule has 4 rings (SSSR count). The topological polar surface area (TPSA) is 117 Å². The molecule has 4 aromatic rings. The lowest BCUT2D eigenvalue weighted by atomic mass is 10.2. The summed E-state index contributed by atoms with van der Waals surface area (Å²) in [6, 6.07) is 6.28. The minimum atomic E-state index is -0.453. The van der Waals surface area contributed by atoms with Crippen LogP contribution in [0.1, 0.15) is 16.3 Å². The molecule has 0 unspecified atom stereocenters. The molecule has 0 saturated carbocycles. The Hall–Kier alpha value is -3.38. The van der Waals surface area contributed by atoms with Gasteiger partial charge in [-0.3, -0.25) is 19.5 Å². The van der Waals surface area contributed by atoms with Crippen molar-refractivity contribution in [1.29, 1.82) is 0 Å². The number of nitrogens with zero attached hydrogens (tertiary/aromatic N) is 7. The second kappa shape index (κ2) is 8.78. The van der Waals surface area contributed by atoms with Gasteiger partial charge in [0, 0.05) is 35.8 Å². The number of hydrogen-bond acceptors (Lipinski definition) is 8. The van der Waals surface area contributed by atoms with Gasteiger partial charge in [0.05, 0.1) is 11.5 Å². The van der Waals surface area contributed by atoms with Crippen molar-refractivity contribution in [2.75, 3.05) is 5.32 Å². The zero-order valence-corrected chi connectivity index (χ0v) is 17.8. The van der Waals surface area contributed by atoms with Crippen molar-refractivity contribution >= 4 is 39.6 Å². The number of hydrogen-bond donors (Lipinski definition) is 1. The van der Waals surface area contributed by atoms with Gasteiger partial charge in [-0.15, -0.1) is 10.2 Å². The van der Waals surface area contributed by atoms with Crippen LogP contribution in [0.25, 0.3) is 0 Å². The Bertz CT molecular complexity index is 1220. The van der Waals surface area contributed by atoms with Gasteiger partial charge in [-0.2, -0.15) is 10.2 Å². The Morgan fingerprint density at radius 3 is 2.90 bits per heavy atom. The molecule has 0 aliphatic rings. The maximum atomic E-state index is 14.0. The number of halogens is 2. The molecule has 0 bridgehead atoms. The minimum absolute atomic E-state index is 0.00752. The summed E-state index contributed by atoms with van der Waals surface area (Å²) in [6.45, 7) is 2.30. The molecule has 10 nitrogen and oxygen atoms in total. The van der Waals surface area contributed by atoms with Crippen molar-refractivity contribution in [3.05, 3.63) is 73.9 Å². The third-order valence-electron chi connectivity index (χ3n) is 4.54. The van der Waals surface area contributed by atoms with E-state index in [0.717, 1.165) is 5.01 Å². The maximum Gasteiger partial charge on any atom is 0.309 e. The molecule has 13 heteroatoms. The van der Waals surface area contributed by atoms with Gasteiger partial charge in [-0.05, 0) is 19.1 Å². The van der Waals surface area contributed by atoms with Gasteiger partial charge in [0.25, 0.3) is 0 Å². The minimum Gasteiger partial charge on any atom is -0.313 e. The quantitative estimate of drug-likeness (QED) is 0.311. The van der Waals surface area contributed by atoms with Crippen LogP contribution in [0.15, 0.2) is 36.7 Å². The first kappa shape index (κ1) is 20.9. The van der Waals surface area contributed by atoms with Crippen molar-refractivity contribution in [2.45, 2.75) is 26.4 Å². The lowest BCUT2D eigenvalue weighted by molar-refractivity contribution is -0.385. The van der Waals surface area contributed by atoms with E-state index in [4.69, 9.17) is 11.6 Å². The SMILES string of the molecule is Cc1c([N+](=O)[O-])cnn1CCc1nnc(Nc2ccn(Cc3c(F)cccc3Cl)n2)s1. The van der Waals surface area contributed by atoms with Gasteiger partial charge in [-0.25, -0.2) is 4.39 Å². The van der Waals surface area contributed by atoms with E-state index in [1.807, 2.05) is 0 Å². The predicted octanol–water partition coefficient (Wildman–Crippen LogP) is 3.97. The van der Waals surface area contributed by atoms with Gasteiger partial charge in [0.2, 0.25) is 5.13 Å². The molecular formula is C18H16ClFN8O2S. The zero-order chi connectivity index (χ0) is 22.0. The average Bonchev–Trinajstić information content (AvgIpc) is 3.44. The van der Waals surface area contributed by atoms with Crippen LogP contribution in [-0.2, 0) is 19.5 Å². The second-order valence-electron chi connectivity index (χ2n) is 6.57. The van der Waals surface area contributed by atoms with E-state index < -0.39 is 4.92 Å². The van der Waals surface area contributed by atoms with Crippen LogP contribution in [0.5, 0.6) is 0 Å². The molecule has 31 heavy (non-hydrogen) atoms. The first-order valence-corrected chi connectivity index (χ1v) is 10.3. The summed E-state index contributed by atoms with van der Waals surface area (Å²) >= 11 is 7.41. The number of nitrogens with one attached hydrogen (secondary N) is 1. The fourth-order valence-electron chi connectivity index (χ4n) is 2.92. The first-order chi connectivity index (χ1) is 14.9. The van der Waals surface area contributed by atoms with Crippen molar-refractivity contribution in [1.82, 2.24) is 29.8 Å². The van der Waals surface area contributed by atoms with Gasteiger partial charge in [-0.1, -0.05) is 29.0 Å². The zero-order valence-electron chi connectivity index (χ0n) is 16.2. The van der Waals surface area contributed by atoms with Crippen LogP contribution in [0, 0.1) is 22.9 Å². The van der Waals surface area contributed by atoms with Gasteiger partial charge < -0.3 is 5.32 Å². The largest absolute Gasteiger partial charge is 0.313 e. The standard InChI is InChI=1S/C18H16ClFN8O2S/c1-11-15(28(29)30)9-21-27(11)8-6-17-23-24-18(31-17)22-16-5-7-26(25-16)10-12-13(19)3-2-4-14(12)20/h2-5,7,9H,6,8,10H2,1H3,(H,22,24,25). The molecule has 0 saturated heterocycles. The van der Waals surface area contributed by atoms with E-state index in [1.165, 1.54) is 23.6 Å². The van der Waals surface area contributed by atoms with E-state index >= 15 is 0 Å². The number of aromatic nitrogens is 6. The summed E-state index contributed by atoms with van der Waals surface area (Å²) in [5.74, 6) is 0.151. The molecule has 160 valence electrons. The van der Waals surface area contributed by atoms with Crippen LogP contribution in [-0.4, -0.2) is 34.7 Å². The molecule has 0 amide bonds. The van der Waals surface area contributed by atoms with Crippen molar-refractivity contribution in [3.63, 3.8) is 0 Å². The molecule has 1 N–H and O–H groups in total. The lowest BCUT2D eigenvalue weighted by Crippen LogP contribution is -2.05. The van der Waals surface area contributed by atoms with E-state index in [1.54, 1.807) is 40.7 Å². The number of rotatable bonds is 8. The summed E-state index contributed by atoms with van der Waals surface area (Å²) in [5, 5.41) is 32.2. The monoisotopic (exact) mass is 462 g/mol. The molecular weight excluding hydrogens is 447 g/mol. The Morgan fingerprint density at radius 2 is 2.16 bits per heavy atom. The highest BCUT2D eigenvalue weighted by molar-refractivity contribution is 7.15. The predicted molar refractivity (Wildman–Crippen MR) is 113 cm³/mol. The fourth-order valence-corrected chi connectivity index (χ4v) is 3.88. The summed E-state index contributed by atoms with van der Waals surface area (Å²) in [5.41, 5.74) is 0.853. The number of benzene rings is 1. The molecule has 0 spiro atoms. The maximum absolute atomic E-state index is 14.0. The highest BCUT2D eigenvalue weighted by Crippen LogP contribution is 2.23. The van der Waals surface area contributed by atoms with Crippen molar-refractivity contribution in [2.24, 2.45) is 0 Å². The second-order valence-corrected chi connectivity index (χ2v) is 8.04. The Balaban J connectivity index is 1.37.